The molecule has 0 radical (unpaired) electrons. The molecule has 144 valence electrons. The molecule has 0 aromatic heterocycles. The van der Waals surface area contributed by atoms with E-state index in [4.69, 9.17) is 11.6 Å². The van der Waals surface area contributed by atoms with Crippen LogP contribution in [0.5, 0.6) is 0 Å². The summed E-state index contributed by atoms with van der Waals surface area (Å²) in [5.74, 6) is 0. The van der Waals surface area contributed by atoms with Crippen LogP contribution in [0.15, 0.2) is 53.4 Å². The Balaban J connectivity index is 1.72. The van der Waals surface area contributed by atoms with Crippen LogP contribution in [-0.4, -0.2) is 48.7 Å². The molecule has 1 atom stereocenters. The number of sulfonamides is 1. The number of halogens is 1. The molecule has 1 heterocycles. The van der Waals surface area contributed by atoms with Crippen LogP contribution in [0.1, 0.15) is 18.5 Å². The Morgan fingerprint density at radius 3 is 2.37 bits per heavy atom. The van der Waals surface area contributed by atoms with Gasteiger partial charge < -0.3 is 0 Å². The molecule has 1 aliphatic heterocycles. The summed E-state index contributed by atoms with van der Waals surface area (Å²) in [7, 11) is -3.76. The highest BCUT2D eigenvalue weighted by atomic mass is 35.5. The predicted molar refractivity (Wildman–Crippen MR) is 103 cm³/mol. The van der Waals surface area contributed by atoms with Gasteiger partial charge in [-0.15, -0.1) is 0 Å². The molecule has 2 aromatic carbocycles. The third-order valence-corrected chi connectivity index (χ3v) is 7.08. The van der Waals surface area contributed by atoms with Crippen molar-refractivity contribution < 1.29 is 13.3 Å². The van der Waals surface area contributed by atoms with Gasteiger partial charge in [0.05, 0.1) is 9.82 Å². The van der Waals surface area contributed by atoms with Gasteiger partial charge in [-0.25, -0.2) is 8.42 Å². The number of hydrogen-bond donors (Lipinski definition) is 0. The van der Waals surface area contributed by atoms with Crippen molar-refractivity contribution in [2.45, 2.75) is 17.9 Å². The van der Waals surface area contributed by atoms with Crippen LogP contribution in [0.3, 0.4) is 0 Å². The maximum Gasteiger partial charge on any atom is 0.270 e. The zero-order chi connectivity index (χ0) is 19.6. The minimum absolute atomic E-state index is 0.0516. The van der Waals surface area contributed by atoms with Crippen LogP contribution in [0.25, 0.3) is 0 Å². The molecular weight excluding hydrogens is 390 g/mol. The van der Waals surface area contributed by atoms with E-state index in [9.17, 15) is 18.5 Å². The number of rotatable bonds is 5. The Hall–Kier alpha value is -2.00. The maximum absolute atomic E-state index is 12.8. The molecule has 0 aliphatic carbocycles. The van der Waals surface area contributed by atoms with Crippen LogP contribution in [0, 0.1) is 10.1 Å². The molecule has 27 heavy (non-hydrogen) atoms. The Bertz CT molecular complexity index is 943. The second-order valence-electron chi connectivity index (χ2n) is 6.39. The molecule has 0 amide bonds. The van der Waals surface area contributed by atoms with Crippen molar-refractivity contribution >= 4 is 27.3 Å². The monoisotopic (exact) mass is 409 g/mol. The number of nitrogens with zero attached hydrogens (tertiary/aromatic N) is 3. The highest BCUT2D eigenvalue weighted by Gasteiger charge is 2.31. The first-order valence-electron chi connectivity index (χ1n) is 8.54. The van der Waals surface area contributed by atoms with Crippen LogP contribution < -0.4 is 0 Å². The second kappa shape index (κ2) is 7.93. The third kappa shape index (κ3) is 4.14. The van der Waals surface area contributed by atoms with Gasteiger partial charge in [0.1, 0.15) is 0 Å². The highest BCUT2D eigenvalue weighted by molar-refractivity contribution is 7.89. The normalized spacial score (nSPS) is 17.6. The van der Waals surface area contributed by atoms with Crippen LogP contribution >= 0.6 is 11.6 Å². The molecule has 1 aliphatic rings. The summed E-state index contributed by atoms with van der Waals surface area (Å²) < 4.78 is 27.0. The Morgan fingerprint density at radius 2 is 1.74 bits per heavy atom. The van der Waals surface area contributed by atoms with Crippen molar-refractivity contribution in [2.24, 2.45) is 0 Å². The minimum Gasteiger partial charge on any atom is -0.294 e. The lowest BCUT2D eigenvalue weighted by Gasteiger charge is -2.37. The lowest BCUT2D eigenvalue weighted by molar-refractivity contribution is -0.385. The first-order valence-corrected chi connectivity index (χ1v) is 10.4. The van der Waals surface area contributed by atoms with Gasteiger partial charge in [0, 0.05) is 49.4 Å². The second-order valence-corrected chi connectivity index (χ2v) is 8.74. The standard InChI is InChI=1S/C18H20ClN3O4S/c1-14(17-7-2-3-8-18(17)19)20-9-11-21(12-10-20)27(25,26)16-6-4-5-15(13-16)22(23)24/h2-8,13-14H,9-12H2,1H3/t14-/m0/s1. The van der Waals surface area contributed by atoms with E-state index in [0.29, 0.717) is 31.2 Å². The van der Waals surface area contributed by atoms with E-state index in [0.717, 1.165) is 11.6 Å². The molecule has 2 aromatic rings. The van der Waals surface area contributed by atoms with E-state index in [-0.39, 0.29) is 16.6 Å². The van der Waals surface area contributed by atoms with Crippen molar-refractivity contribution in [1.29, 1.82) is 0 Å². The predicted octanol–water partition coefficient (Wildman–Crippen LogP) is 3.32. The quantitative estimate of drug-likeness (QED) is 0.558. The smallest absolute Gasteiger partial charge is 0.270 e. The minimum atomic E-state index is -3.76. The van der Waals surface area contributed by atoms with E-state index in [1.165, 1.54) is 22.5 Å². The largest absolute Gasteiger partial charge is 0.294 e. The number of hydrogen-bond acceptors (Lipinski definition) is 5. The Kier molecular flexibility index (Phi) is 5.81. The van der Waals surface area contributed by atoms with Gasteiger partial charge >= 0.3 is 0 Å². The molecular formula is C18H20ClN3O4S. The zero-order valence-corrected chi connectivity index (χ0v) is 16.4. The number of benzene rings is 2. The number of nitro groups is 1. The zero-order valence-electron chi connectivity index (χ0n) is 14.8. The molecule has 0 unspecified atom stereocenters. The van der Waals surface area contributed by atoms with E-state index in [1.54, 1.807) is 0 Å². The maximum atomic E-state index is 12.8. The fourth-order valence-electron chi connectivity index (χ4n) is 3.25. The van der Waals surface area contributed by atoms with Gasteiger partial charge in [0.25, 0.3) is 5.69 Å². The van der Waals surface area contributed by atoms with E-state index in [2.05, 4.69) is 4.90 Å². The summed E-state index contributed by atoms with van der Waals surface area (Å²) >= 11 is 6.27. The number of piperazine rings is 1. The molecule has 0 spiro atoms. The van der Waals surface area contributed by atoms with E-state index < -0.39 is 14.9 Å². The molecule has 9 heteroatoms. The Morgan fingerprint density at radius 1 is 1.07 bits per heavy atom. The van der Waals surface area contributed by atoms with Crippen LogP contribution in [-0.2, 0) is 10.0 Å². The Labute approximate surface area is 163 Å². The van der Waals surface area contributed by atoms with Crippen molar-refractivity contribution in [1.82, 2.24) is 9.21 Å². The third-order valence-electron chi connectivity index (χ3n) is 4.84. The molecule has 0 saturated carbocycles. The van der Waals surface area contributed by atoms with E-state index >= 15 is 0 Å². The number of non-ortho nitro benzene ring substituents is 1. The summed E-state index contributed by atoms with van der Waals surface area (Å²) in [5.41, 5.74) is 0.774. The SMILES string of the molecule is C[C@@H](c1ccccc1Cl)N1CCN(S(=O)(=O)c2cccc([N+](=O)[O-])c2)CC1. The average Bonchev–Trinajstić information content (AvgIpc) is 2.68. The number of nitro benzene ring substituents is 1. The topological polar surface area (TPSA) is 83.8 Å². The molecule has 1 fully saturated rings. The van der Waals surface area contributed by atoms with Gasteiger partial charge in [-0.2, -0.15) is 4.31 Å². The molecule has 7 nitrogen and oxygen atoms in total. The fourth-order valence-corrected chi connectivity index (χ4v) is 5.00. The lowest BCUT2D eigenvalue weighted by atomic mass is 10.1. The first-order chi connectivity index (χ1) is 12.8. The summed E-state index contributed by atoms with van der Waals surface area (Å²) in [4.78, 5) is 12.5. The summed E-state index contributed by atoms with van der Waals surface area (Å²) in [6, 6.07) is 12.9. The van der Waals surface area contributed by atoms with Gasteiger partial charge in [-0.3, -0.25) is 15.0 Å². The van der Waals surface area contributed by atoms with Gasteiger partial charge in [0.15, 0.2) is 0 Å². The van der Waals surface area contributed by atoms with E-state index in [1.807, 2.05) is 31.2 Å². The first kappa shape index (κ1) is 19.8. The molecule has 3 rings (SSSR count). The van der Waals surface area contributed by atoms with Crippen molar-refractivity contribution in [3.05, 3.63) is 69.2 Å². The van der Waals surface area contributed by atoms with Crippen molar-refractivity contribution in [3.8, 4) is 0 Å². The average molecular weight is 410 g/mol. The van der Waals surface area contributed by atoms with Crippen LogP contribution in [0.4, 0.5) is 5.69 Å². The van der Waals surface area contributed by atoms with Crippen LogP contribution in [0.2, 0.25) is 5.02 Å². The van der Waals surface area contributed by atoms with Crippen molar-refractivity contribution in [3.63, 3.8) is 0 Å². The van der Waals surface area contributed by atoms with Gasteiger partial charge in [-0.05, 0) is 24.6 Å². The summed E-state index contributed by atoms with van der Waals surface area (Å²) in [6.07, 6.45) is 0. The van der Waals surface area contributed by atoms with Gasteiger partial charge in [0.2, 0.25) is 10.0 Å². The highest BCUT2D eigenvalue weighted by Crippen LogP contribution is 2.29. The molecule has 0 bridgehead atoms. The van der Waals surface area contributed by atoms with Gasteiger partial charge in [-0.1, -0.05) is 35.9 Å². The molecule has 0 N–H and O–H groups in total. The summed E-state index contributed by atoms with van der Waals surface area (Å²) in [6.45, 7) is 3.80. The van der Waals surface area contributed by atoms with Crippen molar-refractivity contribution in [2.75, 3.05) is 26.2 Å². The molecule has 1 saturated heterocycles. The fraction of sp³-hybridized carbons (Fsp3) is 0.333. The summed E-state index contributed by atoms with van der Waals surface area (Å²) in [5, 5.41) is 11.6. The lowest BCUT2D eigenvalue weighted by Crippen LogP contribution is -2.49.